The van der Waals surface area contributed by atoms with E-state index in [2.05, 4.69) is 45.3 Å². The highest BCUT2D eigenvalue weighted by Crippen LogP contribution is 2.28. The Bertz CT molecular complexity index is 796. The van der Waals surface area contributed by atoms with Gasteiger partial charge in [-0.15, -0.1) is 0 Å². The van der Waals surface area contributed by atoms with Crippen molar-refractivity contribution in [2.75, 3.05) is 19.6 Å². The molecule has 2 N–H and O–H groups in total. The van der Waals surface area contributed by atoms with Crippen molar-refractivity contribution < 1.29 is 4.79 Å². The lowest BCUT2D eigenvalue weighted by Gasteiger charge is -2.27. The minimum Gasteiger partial charge on any atom is -0.352 e. The normalized spacial score (nSPS) is 15.6. The smallest absolute Gasteiger partial charge is 0.252 e. The molecule has 3 heterocycles. The second-order valence-corrected chi connectivity index (χ2v) is 8.35. The summed E-state index contributed by atoms with van der Waals surface area (Å²) >= 11 is 0. The van der Waals surface area contributed by atoms with Crippen molar-refractivity contribution in [3.05, 3.63) is 23.0 Å². The monoisotopic (exact) mass is 343 g/mol. The molecule has 0 unspecified atom stereocenters. The number of rotatable bonds is 4. The summed E-state index contributed by atoms with van der Waals surface area (Å²) in [5, 5.41) is 11.9. The summed E-state index contributed by atoms with van der Waals surface area (Å²) < 4.78 is 1.94. The van der Waals surface area contributed by atoms with Crippen molar-refractivity contribution in [2.45, 2.75) is 53.0 Å². The number of fused-ring (bicyclic) bond motifs is 1. The van der Waals surface area contributed by atoms with Gasteiger partial charge in [-0.05, 0) is 39.7 Å². The first kappa shape index (κ1) is 17.9. The van der Waals surface area contributed by atoms with E-state index in [1.165, 1.54) is 0 Å². The molecule has 1 fully saturated rings. The number of carbonyl (C=O) groups excluding carboxylic acids is 1. The van der Waals surface area contributed by atoms with Gasteiger partial charge in [0.1, 0.15) is 0 Å². The summed E-state index contributed by atoms with van der Waals surface area (Å²) in [6.45, 7) is 15.1. The third-order valence-electron chi connectivity index (χ3n) is 4.72. The van der Waals surface area contributed by atoms with Gasteiger partial charge in [-0.25, -0.2) is 9.67 Å². The van der Waals surface area contributed by atoms with E-state index >= 15 is 0 Å². The number of nitrogens with zero attached hydrogens (tertiary/aromatic N) is 3. The Morgan fingerprint density at radius 3 is 2.60 bits per heavy atom. The van der Waals surface area contributed by atoms with Crippen LogP contribution in [-0.4, -0.2) is 40.3 Å². The Hall–Kier alpha value is -1.95. The van der Waals surface area contributed by atoms with Crippen LogP contribution in [0.3, 0.4) is 0 Å². The van der Waals surface area contributed by atoms with Crippen LogP contribution in [0.5, 0.6) is 0 Å². The third kappa shape index (κ3) is 3.40. The number of aromatic nitrogens is 3. The average molecular weight is 343 g/mol. The van der Waals surface area contributed by atoms with Gasteiger partial charge < -0.3 is 10.6 Å². The lowest BCUT2D eigenvalue weighted by molar-refractivity contribution is 0.0943. The Morgan fingerprint density at radius 2 is 2.08 bits per heavy atom. The molecule has 1 aliphatic heterocycles. The number of hydrogen-bond donors (Lipinski definition) is 2. The molecule has 25 heavy (non-hydrogen) atoms. The highest BCUT2D eigenvalue weighted by molar-refractivity contribution is 6.06. The fraction of sp³-hybridized carbons (Fsp3) is 0.632. The van der Waals surface area contributed by atoms with Gasteiger partial charge in [0.2, 0.25) is 0 Å². The van der Waals surface area contributed by atoms with E-state index in [1.54, 1.807) is 0 Å². The van der Waals surface area contributed by atoms with E-state index in [9.17, 15) is 4.79 Å². The molecule has 0 spiro atoms. The zero-order chi connectivity index (χ0) is 18.4. The molecule has 1 amide bonds. The number of pyridine rings is 1. The van der Waals surface area contributed by atoms with Gasteiger partial charge in [-0.3, -0.25) is 4.79 Å². The minimum atomic E-state index is -0.194. The predicted molar refractivity (Wildman–Crippen MR) is 100 cm³/mol. The van der Waals surface area contributed by atoms with E-state index in [0.29, 0.717) is 18.0 Å². The number of nitrogens with one attached hydrogen (secondary N) is 2. The van der Waals surface area contributed by atoms with Crippen LogP contribution >= 0.6 is 0 Å². The van der Waals surface area contributed by atoms with Crippen molar-refractivity contribution in [1.29, 1.82) is 0 Å². The first-order valence-electron chi connectivity index (χ1n) is 9.08. The highest BCUT2D eigenvalue weighted by Gasteiger charge is 2.26. The maximum absolute atomic E-state index is 12.9. The first-order valence-corrected chi connectivity index (χ1v) is 9.08. The molecule has 0 aromatic carbocycles. The molecule has 6 heteroatoms. The topological polar surface area (TPSA) is 71.8 Å². The van der Waals surface area contributed by atoms with Crippen LogP contribution in [0, 0.1) is 12.8 Å². The van der Waals surface area contributed by atoms with E-state index in [-0.39, 0.29) is 17.4 Å². The fourth-order valence-corrected chi connectivity index (χ4v) is 3.08. The van der Waals surface area contributed by atoms with Crippen LogP contribution < -0.4 is 10.6 Å². The maximum Gasteiger partial charge on any atom is 0.252 e. The molecule has 2 aromatic rings. The van der Waals surface area contributed by atoms with Gasteiger partial charge in [0.15, 0.2) is 5.65 Å². The molecule has 136 valence electrons. The van der Waals surface area contributed by atoms with Gasteiger partial charge in [0.25, 0.3) is 5.91 Å². The molecule has 0 atom stereocenters. The summed E-state index contributed by atoms with van der Waals surface area (Å²) in [5.41, 5.74) is 3.07. The molecule has 1 aliphatic rings. The molecule has 0 saturated carbocycles. The summed E-state index contributed by atoms with van der Waals surface area (Å²) in [4.78, 5) is 17.7. The molecule has 1 saturated heterocycles. The van der Waals surface area contributed by atoms with Gasteiger partial charge in [0.05, 0.1) is 22.2 Å². The van der Waals surface area contributed by atoms with Crippen LogP contribution in [-0.2, 0) is 5.54 Å². The largest absolute Gasteiger partial charge is 0.352 e. The predicted octanol–water partition coefficient (Wildman–Crippen LogP) is 2.57. The minimum absolute atomic E-state index is 0.0299. The molecule has 3 rings (SSSR count). The highest BCUT2D eigenvalue weighted by atomic mass is 16.1. The van der Waals surface area contributed by atoms with Crippen LogP contribution in [0.2, 0.25) is 0 Å². The summed E-state index contributed by atoms with van der Waals surface area (Å²) in [6, 6.07) is 1.93. The fourth-order valence-electron chi connectivity index (χ4n) is 3.08. The van der Waals surface area contributed by atoms with Gasteiger partial charge in [-0.2, -0.15) is 5.10 Å². The maximum atomic E-state index is 12.9. The number of aryl methyl sites for hydroxylation is 1. The molecular formula is C19H29N5O. The lowest BCUT2D eigenvalue weighted by atomic mass is 10.0. The quantitative estimate of drug-likeness (QED) is 0.895. The van der Waals surface area contributed by atoms with Crippen LogP contribution in [0.15, 0.2) is 6.07 Å². The van der Waals surface area contributed by atoms with Crippen molar-refractivity contribution in [3.63, 3.8) is 0 Å². The lowest BCUT2D eigenvalue weighted by Crippen LogP contribution is -2.48. The van der Waals surface area contributed by atoms with Crippen LogP contribution in [0.25, 0.3) is 11.0 Å². The van der Waals surface area contributed by atoms with Crippen LogP contribution in [0.1, 0.15) is 62.3 Å². The SMILES string of the molecule is Cc1nn(C(C)(C)C)c2nc(C(C)C)cc(C(=O)NCC3CNC3)c12. The number of carbonyl (C=O) groups is 1. The summed E-state index contributed by atoms with van der Waals surface area (Å²) in [7, 11) is 0. The third-order valence-corrected chi connectivity index (χ3v) is 4.72. The van der Waals surface area contributed by atoms with E-state index in [1.807, 2.05) is 17.7 Å². The Labute approximate surface area is 149 Å². The molecule has 2 aromatic heterocycles. The standard InChI is InChI=1S/C19H29N5O/c1-11(2)15-7-14(18(25)21-10-13-8-20-9-13)16-12(3)23-24(17(16)22-15)19(4,5)6/h7,11,13,20H,8-10H2,1-6H3,(H,21,25). The molecule has 0 radical (unpaired) electrons. The van der Waals surface area contributed by atoms with Gasteiger partial charge in [0, 0.05) is 31.2 Å². The van der Waals surface area contributed by atoms with Crippen LogP contribution in [0.4, 0.5) is 0 Å². The van der Waals surface area contributed by atoms with E-state index < -0.39 is 0 Å². The number of hydrogen-bond acceptors (Lipinski definition) is 4. The number of amides is 1. The Balaban J connectivity index is 2.09. The Morgan fingerprint density at radius 1 is 1.40 bits per heavy atom. The summed E-state index contributed by atoms with van der Waals surface area (Å²) in [5.74, 6) is 0.748. The zero-order valence-corrected chi connectivity index (χ0v) is 16.1. The summed E-state index contributed by atoms with van der Waals surface area (Å²) in [6.07, 6.45) is 0. The van der Waals surface area contributed by atoms with E-state index in [4.69, 9.17) is 10.1 Å². The molecular weight excluding hydrogens is 314 g/mol. The van der Waals surface area contributed by atoms with Crippen molar-refractivity contribution in [1.82, 2.24) is 25.4 Å². The molecule has 0 aliphatic carbocycles. The van der Waals surface area contributed by atoms with Gasteiger partial charge in [-0.1, -0.05) is 13.8 Å². The molecule has 0 bridgehead atoms. The second-order valence-electron chi connectivity index (χ2n) is 8.35. The molecule has 6 nitrogen and oxygen atoms in total. The Kier molecular flexibility index (Phi) is 4.58. The van der Waals surface area contributed by atoms with E-state index in [0.717, 1.165) is 35.5 Å². The average Bonchev–Trinajstić information content (AvgIpc) is 2.82. The van der Waals surface area contributed by atoms with Crippen molar-refractivity contribution >= 4 is 16.9 Å². The first-order chi connectivity index (χ1) is 11.7. The van der Waals surface area contributed by atoms with Crippen molar-refractivity contribution in [3.8, 4) is 0 Å². The van der Waals surface area contributed by atoms with Crippen molar-refractivity contribution in [2.24, 2.45) is 5.92 Å². The van der Waals surface area contributed by atoms with Gasteiger partial charge >= 0.3 is 0 Å². The zero-order valence-electron chi connectivity index (χ0n) is 16.1. The second kappa shape index (κ2) is 6.41.